The number of anilines is 1. The van der Waals surface area contributed by atoms with Gasteiger partial charge in [-0.3, -0.25) is 4.52 Å². The smallest absolute Gasteiger partial charge is 0.390 e. The minimum Gasteiger partial charge on any atom is -0.390 e. The monoisotopic (exact) mass is 577 g/mol. The number of nitrogens with two attached hydrogens (primary N) is 1. The van der Waals surface area contributed by atoms with Crippen molar-refractivity contribution in [2.45, 2.75) is 24.9 Å². The molecule has 0 spiro atoms. The van der Waals surface area contributed by atoms with Gasteiger partial charge in [0.2, 0.25) is 0 Å². The molecule has 5 atom stereocenters. The van der Waals surface area contributed by atoms with Crippen LogP contribution in [0, 0.1) is 11.8 Å². The topological polar surface area (TPSA) is 246 Å². The van der Waals surface area contributed by atoms with Gasteiger partial charge in [0, 0.05) is 18.2 Å². The number of aliphatic hydroxyl groups excluding tert-OH is 1. The second kappa shape index (κ2) is 10.4. The summed E-state index contributed by atoms with van der Waals surface area (Å²) in [5.74, 6) is 6.16. The number of nitrogens with zero attached hydrogens (tertiary/aromatic N) is 3. The highest BCUT2D eigenvalue weighted by Gasteiger charge is 2.43. The largest absolute Gasteiger partial charge is 0.490 e. The summed E-state index contributed by atoms with van der Waals surface area (Å²) >= 11 is 0. The SMILES string of the molecule is Nc1ncnc2c1c(C#C[c-]1cccc1)cn2[C@H]1C[C@H](O)[C@@H](COP(=O)(O)OP(=O)(O)OP(=O)(O)O)O1. The van der Waals surface area contributed by atoms with Crippen LogP contribution in [-0.4, -0.2) is 58.0 Å². The molecule has 1 aliphatic heterocycles. The van der Waals surface area contributed by atoms with Gasteiger partial charge in [0.05, 0.1) is 18.1 Å². The van der Waals surface area contributed by atoms with Crippen molar-refractivity contribution in [3.63, 3.8) is 0 Å². The Hall–Kier alpha value is -2.34. The molecule has 0 amide bonds. The number of phosphoric acid groups is 3. The standard InChI is InChI=1S/C18H20N4O12P3/c19-17-16-12(6-5-11-3-1-2-4-11)8-22(18(16)21-10-20-17)15-7-13(23)14(32-15)9-31-36(27,28)34-37(29,30)33-35(24,25)26/h1-4,8,10,13-15,23H,7,9H2,(H,27,28)(H,29,30)(H2,19,20,21)(H2,24,25,26)/q-1/t13-,14+,15+/m0/s1. The minimum atomic E-state index is -5.67. The van der Waals surface area contributed by atoms with E-state index in [4.69, 9.17) is 20.3 Å². The predicted octanol–water partition coefficient (Wildman–Crippen LogP) is 1.12. The van der Waals surface area contributed by atoms with Crippen molar-refractivity contribution >= 4 is 40.3 Å². The highest BCUT2D eigenvalue weighted by Crippen LogP contribution is 2.66. The van der Waals surface area contributed by atoms with Crippen LogP contribution in [0.15, 0.2) is 36.8 Å². The van der Waals surface area contributed by atoms with Crippen molar-refractivity contribution in [2.75, 3.05) is 12.3 Å². The fourth-order valence-corrected chi connectivity index (χ4v) is 6.56. The van der Waals surface area contributed by atoms with E-state index < -0.39 is 48.5 Å². The van der Waals surface area contributed by atoms with Crippen molar-refractivity contribution in [3.8, 4) is 11.8 Å². The maximum absolute atomic E-state index is 12.0. The van der Waals surface area contributed by atoms with Gasteiger partial charge in [-0.1, -0.05) is 5.56 Å². The first-order chi connectivity index (χ1) is 17.2. The Balaban J connectivity index is 1.50. The van der Waals surface area contributed by atoms with Crippen LogP contribution in [0.1, 0.15) is 23.8 Å². The molecule has 4 rings (SSSR count). The van der Waals surface area contributed by atoms with Gasteiger partial charge in [-0.25, -0.2) is 23.7 Å². The second-order valence-electron chi connectivity index (χ2n) is 7.65. The molecule has 3 aromatic rings. The van der Waals surface area contributed by atoms with Gasteiger partial charge < -0.3 is 39.7 Å². The first-order valence-electron chi connectivity index (χ1n) is 10.2. The summed E-state index contributed by atoms with van der Waals surface area (Å²) in [6.45, 7) is -0.804. The van der Waals surface area contributed by atoms with Crippen LogP contribution in [0.5, 0.6) is 0 Å². The fourth-order valence-electron chi connectivity index (χ4n) is 3.53. The summed E-state index contributed by atoms with van der Waals surface area (Å²) in [7, 11) is -16.6. The van der Waals surface area contributed by atoms with E-state index in [-0.39, 0.29) is 12.2 Å². The van der Waals surface area contributed by atoms with Crippen LogP contribution in [0.25, 0.3) is 11.0 Å². The Kier molecular flexibility index (Phi) is 7.81. The molecule has 2 unspecified atom stereocenters. The molecule has 19 heteroatoms. The molecule has 1 fully saturated rings. The lowest BCUT2D eigenvalue weighted by molar-refractivity contribution is -0.0421. The molecule has 1 saturated heterocycles. The zero-order valence-corrected chi connectivity index (χ0v) is 21.1. The lowest BCUT2D eigenvalue weighted by Crippen LogP contribution is -2.26. The zero-order chi connectivity index (χ0) is 27.0. The van der Waals surface area contributed by atoms with Crippen molar-refractivity contribution < 1.29 is 56.3 Å². The normalized spacial score (nSPS) is 23.3. The summed E-state index contributed by atoms with van der Waals surface area (Å²) in [6, 6.07) is 7.32. The molecule has 0 saturated carbocycles. The molecule has 0 radical (unpaired) electrons. The number of aliphatic hydroxyl groups is 1. The van der Waals surface area contributed by atoms with Crippen LogP contribution in [0.4, 0.5) is 5.82 Å². The van der Waals surface area contributed by atoms with Gasteiger partial charge >= 0.3 is 23.5 Å². The van der Waals surface area contributed by atoms with E-state index in [0.717, 1.165) is 5.56 Å². The van der Waals surface area contributed by atoms with Crippen LogP contribution >= 0.6 is 23.5 Å². The quantitative estimate of drug-likeness (QED) is 0.125. The number of nitrogen functional groups attached to an aromatic ring is 1. The molecule has 0 bridgehead atoms. The molecule has 1 aliphatic rings. The van der Waals surface area contributed by atoms with E-state index in [1.165, 1.54) is 6.33 Å². The Bertz CT molecular complexity index is 1490. The lowest BCUT2D eigenvalue weighted by atomic mass is 10.2. The highest BCUT2D eigenvalue weighted by molar-refractivity contribution is 7.66. The average Bonchev–Trinajstić information content (AvgIpc) is 3.47. The van der Waals surface area contributed by atoms with Crippen molar-refractivity contribution in [1.29, 1.82) is 0 Å². The Morgan fingerprint density at radius 3 is 2.51 bits per heavy atom. The Labute approximate surface area is 208 Å². The van der Waals surface area contributed by atoms with Gasteiger partial charge in [-0.05, 0) is 0 Å². The number of hydrogen-bond acceptors (Lipinski definition) is 11. The predicted molar refractivity (Wildman–Crippen MR) is 124 cm³/mol. The number of phosphoric ester groups is 1. The van der Waals surface area contributed by atoms with E-state index in [0.29, 0.717) is 16.6 Å². The van der Waals surface area contributed by atoms with Gasteiger partial charge in [0.15, 0.2) is 0 Å². The Morgan fingerprint density at radius 1 is 1.14 bits per heavy atom. The summed E-state index contributed by atoms with van der Waals surface area (Å²) in [4.78, 5) is 44.3. The second-order valence-corrected chi connectivity index (χ2v) is 12.1. The lowest BCUT2D eigenvalue weighted by Gasteiger charge is -2.19. The van der Waals surface area contributed by atoms with Gasteiger partial charge in [0.1, 0.15) is 30.1 Å². The van der Waals surface area contributed by atoms with Crippen molar-refractivity contribution in [2.24, 2.45) is 0 Å². The first kappa shape index (κ1) is 27.7. The minimum absolute atomic E-state index is 0.0200. The molecule has 7 N–H and O–H groups in total. The third-order valence-corrected chi connectivity index (χ3v) is 8.78. The molecule has 0 aliphatic carbocycles. The molecular weight excluding hydrogens is 557 g/mol. The summed E-state index contributed by atoms with van der Waals surface area (Å²) in [6.07, 6.45) is -0.475. The highest BCUT2D eigenvalue weighted by atomic mass is 31.3. The number of hydrogen-bond donors (Lipinski definition) is 6. The fraction of sp³-hybridized carbons (Fsp3) is 0.278. The molecule has 3 heterocycles. The third-order valence-electron chi connectivity index (χ3n) is 4.98. The molecule has 37 heavy (non-hydrogen) atoms. The Morgan fingerprint density at radius 2 is 1.84 bits per heavy atom. The van der Waals surface area contributed by atoms with Crippen LogP contribution in [-0.2, 0) is 31.6 Å². The van der Waals surface area contributed by atoms with E-state index >= 15 is 0 Å². The zero-order valence-electron chi connectivity index (χ0n) is 18.5. The third kappa shape index (κ3) is 6.95. The molecule has 200 valence electrons. The molecule has 16 nitrogen and oxygen atoms in total. The summed E-state index contributed by atoms with van der Waals surface area (Å²) < 4.78 is 53.3. The van der Waals surface area contributed by atoms with E-state index in [2.05, 4.69) is 35.0 Å². The number of fused-ring (bicyclic) bond motifs is 1. The molecule has 1 aromatic carbocycles. The number of rotatable bonds is 8. The summed E-state index contributed by atoms with van der Waals surface area (Å²) in [5, 5.41) is 10.9. The number of aromatic nitrogens is 3. The van der Waals surface area contributed by atoms with E-state index in [1.54, 1.807) is 10.8 Å². The van der Waals surface area contributed by atoms with E-state index in [9.17, 15) is 28.6 Å². The van der Waals surface area contributed by atoms with Gasteiger partial charge in [-0.15, -0.1) is 12.1 Å². The summed E-state index contributed by atoms with van der Waals surface area (Å²) in [5.41, 5.74) is 7.65. The van der Waals surface area contributed by atoms with Gasteiger partial charge in [0.25, 0.3) is 0 Å². The maximum atomic E-state index is 12.0. The van der Waals surface area contributed by atoms with Crippen LogP contribution < -0.4 is 5.73 Å². The van der Waals surface area contributed by atoms with Crippen molar-refractivity contribution in [1.82, 2.24) is 14.5 Å². The first-order valence-corrected chi connectivity index (χ1v) is 14.7. The molecule has 2 aromatic heterocycles. The number of ether oxygens (including phenoxy) is 1. The van der Waals surface area contributed by atoms with Gasteiger partial charge in [-0.2, -0.15) is 32.6 Å². The van der Waals surface area contributed by atoms with Crippen LogP contribution in [0.2, 0.25) is 0 Å². The maximum Gasteiger partial charge on any atom is 0.490 e. The average molecular weight is 577 g/mol. The van der Waals surface area contributed by atoms with Crippen molar-refractivity contribution in [3.05, 3.63) is 47.9 Å². The van der Waals surface area contributed by atoms with E-state index in [1.807, 2.05) is 24.3 Å². The molecular formula is C18H20N4O12P3-. The van der Waals surface area contributed by atoms with Crippen LogP contribution in [0.3, 0.4) is 0 Å².